The lowest BCUT2D eigenvalue weighted by molar-refractivity contribution is 0.0925. The second-order valence-corrected chi connectivity index (χ2v) is 6.65. The van der Waals surface area contributed by atoms with E-state index in [1.54, 1.807) is 0 Å². The Morgan fingerprint density at radius 2 is 2.08 bits per heavy atom. The maximum atomic E-state index is 10.3. The smallest absolute Gasteiger partial charge is 0.101 e. The Balaban J connectivity index is 1.60. The largest absolute Gasteiger partial charge is 0.391 e. The summed E-state index contributed by atoms with van der Waals surface area (Å²) in [7, 11) is 1.97. The van der Waals surface area contributed by atoms with Crippen molar-refractivity contribution in [2.75, 3.05) is 13.2 Å². The predicted molar refractivity (Wildman–Crippen MR) is 93.9 cm³/mol. The summed E-state index contributed by atoms with van der Waals surface area (Å²) in [5, 5.41) is 18.3. The second-order valence-electron chi connectivity index (χ2n) is 6.65. The van der Waals surface area contributed by atoms with Crippen LogP contribution in [0.15, 0.2) is 30.3 Å². The van der Waals surface area contributed by atoms with Crippen LogP contribution in [-0.2, 0) is 18.2 Å². The van der Waals surface area contributed by atoms with E-state index in [2.05, 4.69) is 17.3 Å². The van der Waals surface area contributed by atoms with Crippen LogP contribution in [0.2, 0.25) is 0 Å². The fourth-order valence-corrected chi connectivity index (χ4v) is 3.53. The molecule has 5 nitrogen and oxygen atoms in total. The zero-order valence-electron chi connectivity index (χ0n) is 14.7. The number of ether oxygens (including phenoxy) is 1. The number of rotatable bonds is 6. The molecule has 2 heterocycles. The summed E-state index contributed by atoms with van der Waals surface area (Å²) in [6.07, 6.45) is 1.24. The topological polar surface area (TPSA) is 59.3 Å². The quantitative estimate of drug-likeness (QED) is 0.852. The van der Waals surface area contributed by atoms with E-state index in [0.29, 0.717) is 13.0 Å². The summed E-state index contributed by atoms with van der Waals surface area (Å²) in [6, 6.07) is 10.3. The molecule has 130 valence electrons. The number of aryl methyl sites for hydroxylation is 2. The molecule has 0 amide bonds. The monoisotopic (exact) mass is 329 g/mol. The van der Waals surface area contributed by atoms with Crippen molar-refractivity contribution in [2.24, 2.45) is 7.05 Å². The highest BCUT2D eigenvalue weighted by atomic mass is 16.5. The van der Waals surface area contributed by atoms with Gasteiger partial charge in [0.25, 0.3) is 0 Å². The van der Waals surface area contributed by atoms with E-state index in [1.165, 1.54) is 5.56 Å². The second kappa shape index (κ2) is 7.47. The van der Waals surface area contributed by atoms with E-state index >= 15 is 0 Å². The summed E-state index contributed by atoms with van der Waals surface area (Å²) < 4.78 is 7.89. The molecule has 1 aromatic carbocycles. The Bertz CT molecular complexity index is 669. The van der Waals surface area contributed by atoms with Gasteiger partial charge < -0.3 is 15.2 Å². The third-order valence-electron chi connectivity index (χ3n) is 4.87. The van der Waals surface area contributed by atoms with E-state index in [-0.39, 0.29) is 12.1 Å². The maximum Gasteiger partial charge on any atom is 0.101 e. The van der Waals surface area contributed by atoms with Crippen LogP contribution in [0.1, 0.15) is 35.0 Å². The van der Waals surface area contributed by atoms with Gasteiger partial charge in [0.1, 0.15) is 6.10 Å². The molecule has 0 radical (unpaired) electrons. The first-order valence-corrected chi connectivity index (χ1v) is 8.63. The fraction of sp³-hybridized carbons (Fsp3) is 0.526. The highest BCUT2D eigenvalue weighted by Crippen LogP contribution is 2.33. The molecule has 1 aliphatic heterocycles. The minimum atomic E-state index is -0.398. The Morgan fingerprint density at radius 3 is 2.75 bits per heavy atom. The normalized spacial score (nSPS) is 22.0. The molecule has 5 heteroatoms. The Hall–Kier alpha value is -1.69. The lowest BCUT2D eigenvalue weighted by Gasteiger charge is -2.22. The maximum absolute atomic E-state index is 10.3. The molecular weight excluding hydrogens is 302 g/mol. The van der Waals surface area contributed by atoms with Crippen molar-refractivity contribution in [3.63, 3.8) is 0 Å². The van der Waals surface area contributed by atoms with Crippen molar-refractivity contribution in [1.29, 1.82) is 0 Å². The van der Waals surface area contributed by atoms with Crippen molar-refractivity contribution in [3.8, 4) is 0 Å². The molecule has 0 spiro atoms. The summed E-state index contributed by atoms with van der Waals surface area (Å²) in [5.74, 6) is 0. The van der Waals surface area contributed by atoms with E-state index in [1.807, 2.05) is 49.0 Å². The van der Waals surface area contributed by atoms with E-state index in [0.717, 1.165) is 30.0 Å². The fourth-order valence-electron chi connectivity index (χ4n) is 3.53. The summed E-state index contributed by atoms with van der Waals surface area (Å²) in [4.78, 5) is 0. The molecule has 1 unspecified atom stereocenters. The van der Waals surface area contributed by atoms with Gasteiger partial charge >= 0.3 is 0 Å². The van der Waals surface area contributed by atoms with Crippen LogP contribution in [0.5, 0.6) is 0 Å². The molecular formula is C19H27N3O2. The van der Waals surface area contributed by atoms with Gasteiger partial charge in [0, 0.05) is 37.5 Å². The summed E-state index contributed by atoms with van der Waals surface area (Å²) >= 11 is 0. The van der Waals surface area contributed by atoms with Gasteiger partial charge in [-0.1, -0.05) is 30.3 Å². The van der Waals surface area contributed by atoms with E-state index in [9.17, 15) is 5.11 Å². The van der Waals surface area contributed by atoms with Gasteiger partial charge in [-0.25, -0.2) is 0 Å². The number of nitrogens with one attached hydrogen (secondary N) is 1. The van der Waals surface area contributed by atoms with Crippen LogP contribution in [0.25, 0.3) is 0 Å². The van der Waals surface area contributed by atoms with Gasteiger partial charge in [-0.15, -0.1) is 0 Å². The molecule has 0 bridgehead atoms. The summed E-state index contributed by atoms with van der Waals surface area (Å²) in [5.41, 5.74) is 4.52. The average molecular weight is 329 g/mol. The summed E-state index contributed by atoms with van der Waals surface area (Å²) in [6.45, 7) is 5.42. The Morgan fingerprint density at radius 1 is 1.33 bits per heavy atom. The predicted octanol–water partition coefficient (Wildman–Crippen LogP) is 2.06. The number of aromatic nitrogens is 2. The number of aliphatic hydroxyl groups excluding tert-OH is 1. The third-order valence-corrected chi connectivity index (χ3v) is 4.87. The van der Waals surface area contributed by atoms with Crippen LogP contribution in [0.3, 0.4) is 0 Å². The zero-order valence-corrected chi connectivity index (χ0v) is 14.7. The number of benzene rings is 1. The molecule has 2 N–H and O–H groups in total. The van der Waals surface area contributed by atoms with Crippen molar-refractivity contribution in [1.82, 2.24) is 15.1 Å². The number of hydrogen-bond acceptors (Lipinski definition) is 4. The van der Waals surface area contributed by atoms with Crippen molar-refractivity contribution in [2.45, 2.75) is 44.9 Å². The molecule has 1 aromatic heterocycles. The molecule has 2 aromatic rings. The molecule has 3 atom stereocenters. The number of aliphatic hydroxyl groups is 1. The Labute approximate surface area is 143 Å². The van der Waals surface area contributed by atoms with Crippen LogP contribution < -0.4 is 5.32 Å². The van der Waals surface area contributed by atoms with Crippen LogP contribution in [0.4, 0.5) is 0 Å². The van der Waals surface area contributed by atoms with Gasteiger partial charge in [0.15, 0.2) is 0 Å². The molecule has 0 aliphatic carbocycles. The van der Waals surface area contributed by atoms with Gasteiger partial charge in [0.2, 0.25) is 0 Å². The minimum absolute atomic E-state index is 0.0163. The van der Waals surface area contributed by atoms with Gasteiger partial charge in [0.05, 0.1) is 11.8 Å². The van der Waals surface area contributed by atoms with Gasteiger partial charge in [-0.2, -0.15) is 5.10 Å². The SMILES string of the molecule is Cc1nn(C)c(C)c1[C@H]1OCC[C@@H]1NCC(O)Cc1ccccc1. The average Bonchev–Trinajstić information content (AvgIpc) is 3.11. The first-order chi connectivity index (χ1) is 11.6. The lowest BCUT2D eigenvalue weighted by Crippen LogP contribution is -2.38. The lowest BCUT2D eigenvalue weighted by atomic mass is 10.00. The molecule has 3 rings (SSSR count). The highest BCUT2D eigenvalue weighted by Gasteiger charge is 2.33. The molecule has 1 fully saturated rings. The molecule has 1 aliphatic rings. The first-order valence-electron chi connectivity index (χ1n) is 8.63. The van der Waals surface area contributed by atoms with Gasteiger partial charge in [-0.3, -0.25) is 4.68 Å². The van der Waals surface area contributed by atoms with Crippen LogP contribution >= 0.6 is 0 Å². The Kier molecular flexibility index (Phi) is 5.33. The van der Waals surface area contributed by atoms with Crippen molar-refractivity contribution in [3.05, 3.63) is 52.8 Å². The van der Waals surface area contributed by atoms with E-state index in [4.69, 9.17) is 4.74 Å². The van der Waals surface area contributed by atoms with Crippen LogP contribution in [0, 0.1) is 13.8 Å². The van der Waals surface area contributed by atoms with Crippen molar-refractivity contribution >= 4 is 0 Å². The van der Waals surface area contributed by atoms with Gasteiger partial charge in [-0.05, 0) is 32.3 Å². The third kappa shape index (κ3) is 3.69. The minimum Gasteiger partial charge on any atom is -0.391 e. The number of hydrogen-bond donors (Lipinski definition) is 2. The zero-order chi connectivity index (χ0) is 17.1. The first kappa shape index (κ1) is 17.1. The van der Waals surface area contributed by atoms with Crippen LogP contribution in [-0.4, -0.2) is 40.2 Å². The highest BCUT2D eigenvalue weighted by molar-refractivity contribution is 5.29. The number of nitrogens with zero attached hydrogens (tertiary/aromatic N) is 2. The van der Waals surface area contributed by atoms with Crippen molar-refractivity contribution < 1.29 is 9.84 Å². The standard InChI is InChI=1S/C19H27N3O2/c1-13-18(14(2)22(3)21-13)19-17(9-10-24-19)20-12-16(23)11-15-7-5-4-6-8-15/h4-8,16-17,19-20,23H,9-12H2,1-3H3/t16?,17-,19-/m0/s1. The molecule has 0 saturated carbocycles. The molecule has 1 saturated heterocycles. The van der Waals surface area contributed by atoms with E-state index < -0.39 is 6.10 Å². The molecule has 24 heavy (non-hydrogen) atoms.